The van der Waals surface area contributed by atoms with Crippen molar-refractivity contribution in [3.05, 3.63) is 125 Å². The van der Waals surface area contributed by atoms with Crippen LogP contribution in [0, 0.1) is 0 Å². The molecule has 1 atom stereocenters. The molecule has 0 aliphatic carbocycles. The molecule has 3 aliphatic rings. The molecule has 0 aromatic heterocycles. The van der Waals surface area contributed by atoms with Gasteiger partial charge in [0.2, 0.25) is 11.8 Å². The summed E-state index contributed by atoms with van der Waals surface area (Å²) in [6, 6.07) is 30.0. The fourth-order valence-electron chi connectivity index (χ4n) is 7.40. The quantitative estimate of drug-likeness (QED) is 0.121. The van der Waals surface area contributed by atoms with Crippen LogP contribution in [-0.2, 0) is 9.59 Å². The highest BCUT2D eigenvalue weighted by Gasteiger charge is 2.44. The first kappa shape index (κ1) is 35.8. The van der Waals surface area contributed by atoms with Crippen LogP contribution >= 0.6 is 0 Å². The van der Waals surface area contributed by atoms with Crippen molar-refractivity contribution >= 4 is 53.0 Å². The summed E-state index contributed by atoms with van der Waals surface area (Å²) < 4.78 is 6.17. The standard InChI is InChI=1S/C41H41BN4O7/c1-2-33(27-6-4-3-5-7-27)38(28-8-12-30(13-9-28)42(51)52)29-10-15-32(16-11-29)53-25-24-44-20-22-45(23-21-44)31-14-17-34-35(26-31)41(50)46(40(34)49)36-18-19-37(47)43-39(36)48/h3-17,26,36,51-52H,2,18-25H2,1H3,(H,43,47,48)/b38-33+. The molecule has 4 aromatic rings. The van der Waals surface area contributed by atoms with Crippen LogP contribution in [0.25, 0.3) is 11.1 Å². The Morgan fingerprint density at radius 1 is 0.792 bits per heavy atom. The van der Waals surface area contributed by atoms with Crippen LogP contribution in [0.1, 0.15) is 63.6 Å². The first-order valence-electron chi connectivity index (χ1n) is 18.0. The first-order chi connectivity index (χ1) is 25.7. The molecule has 7 rings (SSSR count). The van der Waals surface area contributed by atoms with E-state index in [0.29, 0.717) is 12.1 Å². The number of carbonyl (C=O) groups is 4. The van der Waals surface area contributed by atoms with Gasteiger partial charge in [0, 0.05) is 44.8 Å². The number of ether oxygens (including phenoxy) is 1. The minimum atomic E-state index is -1.53. The number of nitrogens with zero attached hydrogens (tertiary/aromatic N) is 3. The minimum Gasteiger partial charge on any atom is -0.492 e. The highest BCUT2D eigenvalue weighted by molar-refractivity contribution is 6.58. The monoisotopic (exact) mass is 712 g/mol. The number of piperidine rings is 1. The van der Waals surface area contributed by atoms with Gasteiger partial charge in [0.05, 0.1) is 11.1 Å². The van der Waals surface area contributed by atoms with Crippen molar-refractivity contribution in [2.45, 2.75) is 32.2 Å². The fraction of sp³-hybridized carbons (Fsp3) is 0.268. The van der Waals surface area contributed by atoms with Gasteiger partial charge in [0.25, 0.3) is 11.8 Å². The predicted molar refractivity (Wildman–Crippen MR) is 203 cm³/mol. The highest BCUT2D eigenvalue weighted by Crippen LogP contribution is 2.35. The fourth-order valence-corrected chi connectivity index (χ4v) is 7.40. The van der Waals surface area contributed by atoms with Crippen LogP contribution in [0.4, 0.5) is 5.69 Å². The number of nitrogens with one attached hydrogen (secondary N) is 1. The molecular formula is C41H41BN4O7. The Morgan fingerprint density at radius 3 is 2.09 bits per heavy atom. The molecule has 4 amide bonds. The van der Waals surface area contributed by atoms with E-state index in [9.17, 15) is 29.2 Å². The maximum Gasteiger partial charge on any atom is 0.488 e. The van der Waals surface area contributed by atoms with Crippen molar-refractivity contribution in [3.63, 3.8) is 0 Å². The Bertz CT molecular complexity index is 2040. The number of allylic oxidation sites excluding steroid dienone is 1. The summed E-state index contributed by atoms with van der Waals surface area (Å²) in [6.45, 7) is 6.47. The molecule has 0 saturated carbocycles. The molecule has 3 aliphatic heterocycles. The Hall–Kier alpha value is -5.56. The van der Waals surface area contributed by atoms with E-state index >= 15 is 0 Å². The molecule has 2 fully saturated rings. The molecule has 3 heterocycles. The third-order valence-corrected chi connectivity index (χ3v) is 10.3. The zero-order chi connectivity index (χ0) is 37.1. The summed E-state index contributed by atoms with van der Waals surface area (Å²) in [5, 5.41) is 21.5. The average Bonchev–Trinajstić information content (AvgIpc) is 3.42. The number of hydrogen-bond acceptors (Lipinski definition) is 9. The maximum absolute atomic E-state index is 13.3. The van der Waals surface area contributed by atoms with E-state index in [2.05, 4.69) is 46.3 Å². The van der Waals surface area contributed by atoms with Crippen LogP contribution in [0.15, 0.2) is 97.1 Å². The van der Waals surface area contributed by atoms with Gasteiger partial charge in [-0.2, -0.15) is 0 Å². The number of fused-ring (bicyclic) bond motifs is 1. The molecule has 4 aromatic carbocycles. The normalized spacial score (nSPS) is 18.1. The van der Waals surface area contributed by atoms with Crippen LogP contribution in [0.5, 0.6) is 5.75 Å². The second-order valence-corrected chi connectivity index (χ2v) is 13.4. The maximum atomic E-state index is 13.3. The second kappa shape index (κ2) is 15.6. The van der Waals surface area contributed by atoms with E-state index in [4.69, 9.17) is 4.74 Å². The molecule has 1 unspecified atom stereocenters. The van der Waals surface area contributed by atoms with E-state index in [1.165, 1.54) is 5.57 Å². The van der Waals surface area contributed by atoms with Crippen LogP contribution in [-0.4, -0.2) is 96.0 Å². The topological polar surface area (TPSA) is 140 Å². The largest absolute Gasteiger partial charge is 0.492 e. The van der Waals surface area contributed by atoms with E-state index in [1.54, 1.807) is 24.3 Å². The number of carbonyl (C=O) groups excluding carboxylic acids is 4. The smallest absolute Gasteiger partial charge is 0.488 e. The van der Waals surface area contributed by atoms with Gasteiger partial charge in [-0.25, -0.2) is 0 Å². The van der Waals surface area contributed by atoms with Gasteiger partial charge in [-0.3, -0.25) is 34.3 Å². The van der Waals surface area contributed by atoms with Crippen molar-refractivity contribution in [1.29, 1.82) is 0 Å². The lowest BCUT2D eigenvalue weighted by atomic mass is 9.79. The number of imide groups is 2. The molecule has 270 valence electrons. The number of benzene rings is 4. The molecular weight excluding hydrogens is 671 g/mol. The molecule has 12 heteroatoms. The van der Waals surface area contributed by atoms with Gasteiger partial charge < -0.3 is 19.7 Å². The minimum absolute atomic E-state index is 0.0836. The number of piperazine rings is 1. The van der Waals surface area contributed by atoms with E-state index in [1.807, 2.05) is 48.5 Å². The summed E-state index contributed by atoms with van der Waals surface area (Å²) in [5.41, 5.74) is 7.26. The van der Waals surface area contributed by atoms with Gasteiger partial charge in [0.1, 0.15) is 18.4 Å². The third-order valence-electron chi connectivity index (χ3n) is 10.3. The highest BCUT2D eigenvalue weighted by atomic mass is 16.5. The Labute approximate surface area is 308 Å². The third kappa shape index (κ3) is 7.52. The summed E-state index contributed by atoms with van der Waals surface area (Å²) in [4.78, 5) is 55.9. The summed E-state index contributed by atoms with van der Waals surface area (Å²) in [6.07, 6.45) is 1.02. The van der Waals surface area contributed by atoms with Crippen molar-refractivity contribution in [1.82, 2.24) is 15.1 Å². The summed E-state index contributed by atoms with van der Waals surface area (Å²) in [7, 11) is -1.53. The van der Waals surface area contributed by atoms with E-state index < -0.39 is 36.8 Å². The zero-order valence-electron chi connectivity index (χ0n) is 29.5. The Kier molecular flexibility index (Phi) is 10.5. The number of anilines is 1. The summed E-state index contributed by atoms with van der Waals surface area (Å²) >= 11 is 0. The lowest BCUT2D eigenvalue weighted by molar-refractivity contribution is -0.136. The number of hydrogen-bond donors (Lipinski definition) is 3. The SMILES string of the molecule is CC/C(=C(\c1ccc(OCCN2CCN(c3ccc4c(c3)C(=O)N(C3CCC(=O)NC3=O)C4=O)CC2)cc1)c1ccc(B(O)O)cc1)c1ccccc1. The van der Waals surface area contributed by atoms with Gasteiger partial charge in [-0.1, -0.05) is 73.7 Å². The number of rotatable bonds is 11. The predicted octanol–water partition coefficient (Wildman–Crippen LogP) is 3.34. The van der Waals surface area contributed by atoms with Crippen LogP contribution in [0.3, 0.4) is 0 Å². The molecule has 2 saturated heterocycles. The Morgan fingerprint density at radius 2 is 1.45 bits per heavy atom. The zero-order valence-corrected chi connectivity index (χ0v) is 29.5. The van der Waals surface area contributed by atoms with Crippen molar-refractivity contribution in [2.24, 2.45) is 0 Å². The molecule has 0 bridgehead atoms. The van der Waals surface area contributed by atoms with E-state index in [0.717, 1.165) is 77.7 Å². The van der Waals surface area contributed by atoms with Gasteiger partial charge in [-0.05, 0) is 76.5 Å². The first-order valence-corrected chi connectivity index (χ1v) is 18.0. The molecule has 0 radical (unpaired) electrons. The molecule has 0 spiro atoms. The molecule has 53 heavy (non-hydrogen) atoms. The van der Waals surface area contributed by atoms with Crippen molar-refractivity contribution < 1.29 is 34.0 Å². The molecule has 11 nitrogen and oxygen atoms in total. The molecule has 3 N–H and O–H groups in total. The second-order valence-electron chi connectivity index (χ2n) is 13.4. The van der Waals surface area contributed by atoms with Crippen LogP contribution < -0.4 is 20.4 Å². The van der Waals surface area contributed by atoms with Crippen molar-refractivity contribution in [3.8, 4) is 5.75 Å². The lowest BCUT2D eigenvalue weighted by Crippen LogP contribution is -2.54. The van der Waals surface area contributed by atoms with Gasteiger partial charge in [-0.15, -0.1) is 0 Å². The van der Waals surface area contributed by atoms with Gasteiger partial charge in [0.15, 0.2) is 0 Å². The van der Waals surface area contributed by atoms with Crippen LogP contribution in [0.2, 0.25) is 0 Å². The van der Waals surface area contributed by atoms with Crippen molar-refractivity contribution in [2.75, 3.05) is 44.2 Å². The van der Waals surface area contributed by atoms with Gasteiger partial charge >= 0.3 is 7.12 Å². The lowest BCUT2D eigenvalue weighted by Gasteiger charge is -2.36. The average molecular weight is 713 g/mol. The van der Waals surface area contributed by atoms with E-state index in [-0.39, 0.29) is 24.0 Å². The Balaban J connectivity index is 0.958. The number of amides is 4. The summed E-state index contributed by atoms with van der Waals surface area (Å²) in [5.74, 6) is -1.25.